The summed E-state index contributed by atoms with van der Waals surface area (Å²) in [6, 6.07) is 0. The van der Waals surface area contributed by atoms with Gasteiger partial charge in [-0.3, -0.25) is 0 Å². The molecule has 1 aromatic heterocycles. The van der Waals surface area contributed by atoms with Crippen molar-refractivity contribution in [3.05, 3.63) is 12.0 Å². The summed E-state index contributed by atoms with van der Waals surface area (Å²) in [5.74, 6) is 0. The van der Waals surface area contributed by atoms with Gasteiger partial charge in [0.05, 0.1) is 5.69 Å². The van der Waals surface area contributed by atoms with Crippen molar-refractivity contribution in [2.24, 2.45) is 0 Å². The Morgan fingerprint density at radius 1 is 1.50 bits per heavy atom. The largest absolute Gasteiger partial charge is 0.444 e. The molecule has 0 aliphatic carbocycles. The average Bonchev–Trinajstić information content (AvgIpc) is 2.58. The molecule has 0 saturated carbocycles. The zero-order valence-corrected chi connectivity index (χ0v) is 9.59. The monoisotopic (exact) mass is 234 g/mol. The van der Waals surface area contributed by atoms with E-state index in [4.69, 9.17) is 4.42 Å². The normalized spacial score (nSPS) is 12.1. The van der Waals surface area contributed by atoms with Gasteiger partial charge in [0.2, 0.25) is 0 Å². The fraction of sp³-hybridized carbons (Fsp3) is 0.700. The predicted octanol–water partition coefficient (Wildman–Crippen LogP) is 2.21. The number of nitrogens with one attached hydrogen (secondary N) is 1. The first kappa shape index (κ1) is 12.9. The lowest BCUT2D eigenvalue weighted by molar-refractivity contribution is 0.0658. The van der Waals surface area contributed by atoms with E-state index in [-0.39, 0.29) is 11.6 Å². The molecule has 0 amide bonds. The molecule has 4 nitrogen and oxygen atoms in total. The van der Waals surface area contributed by atoms with Gasteiger partial charge in [-0.2, -0.15) is 4.98 Å². The second kappa shape index (κ2) is 5.25. The zero-order valence-electron chi connectivity index (χ0n) is 9.59. The quantitative estimate of drug-likeness (QED) is 0.848. The summed E-state index contributed by atoms with van der Waals surface area (Å²) in [7, 11) is 0. The van der Waals surface area contributed by atoms with Gasteiger partial charge < -0.3 is 14.5 Å². The highest BCUT2D eigenvalue weighted by atomic mass is 19.3. The molecular weight excluding hydrogens is 218 g/mol. The first-order valence-corrected chi connectivity index (χ1v) is 4.97. The van der Waals surface area contributed by atoms with Crippen molar-refractivity contribution in [1.82, 2.24) is 10.3 Å². The molecule has 1 aromatic rings. The Hall–Kier alpha value is -1.17. The minimum atomic E-state index is -2.52. The Bertz CT molecular complexity index is 321. The third kappa shape index (κ3) is 5.06. The number of oxazole rings is 1. The molecule has 0 aliphatic rings. The minimum absolute atomic E-state index is 0.0387. The van der Waals surface area contributed by atoms with Gasteiger partial charge in [-0.1, -0.05) is 0 Å². The third-order valence-corrected chi connectivity index (χ3v) is 1.66. The highest BCUT2D eigenvalue weighted by Gasteiger charge is 2.12. The Balaban J connectivity index is 2.39. The molecule has 0 aromatic carbocycles. The van der Waals surface area contributed by atoms with E-state index in [1.807, 2.05) is 20.8 Å². The van der Waals surface area contributed by atoms with Crippen molar-refractivity contribution in [2.75, 3.05) is 6.61 Å². The molecule has 0 aliphatic heterocycles. The molecule has 0 saturated heterocycles. The van der Waals surface area contributed by atoms with Crippen LogP contribution in [0, 0.1) is 0 Å². The summed E-state index contributed by atoms with van der Waals surface area (Å²) in [6.45, 7) is 5.85. The smallest absolute Gasteiger partial charge is 0.393 e. The van der Waals surface area contributed by atoms with E-state index >= 15 is 0 Å². The van der Waals surface area contributed by atoms with Crippen molar-refractivity contribution in [2.45, 2.75) is 39.3 Å². The minimum Gasteiger partial charge on any atom is -0.444 e. The highest BCUT2D eigenvalue weighted by Crippen LogP contribution is 2.12. The summed E-state index contributed by atoms with van der Waals surface area (Å²) in [6.07, 6.45) is -1.26. The first-order valence-electron chi connectivity index (χ1n) is 4.97. The van der Waals surface area contributed by atoms with Gasteiger partial charge in [0.1, 0.15) is 6.26 Å². The fourth-order valence-corrected chi connectivity index (χ4v) is 0.926. The lowest BCUT2D eigenvalue weighted by atomic mass is 10.1. The molecule has 6 heteroatoms. The number of ether oxygens (including phenoxy) is 1. The number of hydrogen-bond donors (Lipinski definition) is 1. The molecule has 0 unspecified atom stereocenters. The van der Waals surface area contributed by atoms with Crippen molar-refractivity contribution in [1.29, 1.82) is 0 Å². The average molecular weight is 234 g/mol. The van der Waals surface area contributed by atoms with Gasteiger partial charge >= 0.3 is 6.08 Å². The molecule has 1 N–H and O–H groups in total. The summed E-state index contributed by atoms with van der Waals surface area (Å²) in [5.41, 5.74) is 0.586. The van der Waals surface area contributed by atoms with Gasteiger partial charge in [0.15, 0.2) is 6.61 Å². The number of hydrogen-bond acceptors (Lipinski definition) is 4. The number of aromatic nitrogens is 1. The van der Waals surface area contributed by atoms with Crippen LogP contribution in [0.5, 0.6) is 6.08 Å². The van der Waals surface area contributed by atoms with Crippen LogP contribution in [-0.2, 0) is 6.54 Å². The van der Waals surface area contributed by atoms with E-state index < -0.39 is 13.0 Å². The molecular formula is C10H16F2N2O2. The SMILES string of the molecule is CC(C)(C)NCc1coc(OCC(F)F)n1. The van der Waals surface area contributed by atoms with Crippen LogP contribution in [0.2, 0.25) is 0 Å². The topological polar surface area (TPSA) is 47.3 Å². The number of nitrogens with zero attached hydrogens (tertiary/aromatic N) is 1. The van der Waals surface area contributed by atoms with Crippen LogP contribution >= 0.6 is 0 Å². The maximum atomic E-state index is 11.8. The van der Waals surface area contributed by atoms with E-state index in [1.165, 1.54) is 6.26 Å². The molecule has 1 rings (SSSR count). The molecule has 0 fully saturated rings. The van der Waals surface area contributed by atoms with Gasteiger partial charge in [-0.05, 0) is 20.8 Å². The predicted molar refractivity (Wildman–Crippen MR) is 54.6 cm³/mol. The van der Waals surface area contributed by atoms with Gasteiger partial charge in [-0.15, -0.1) is 0 Å². The number of alkyl halides is 2. The Morgan fingerprint density at radius 2 is 2.19 bits per heavy atom. The van der Waals surface area contributed by atoms with Crippen molar-refractivity contribution in [3.63, 3.8) is 0 Å². The molecule has 1 heterocycles. The van der Waals surface area contributed by atoms with E-state index in [0.717, 1.165) is 0 Å². The zero-order chi connectivity index (χ0) is 12.2. The van der Waals surface area contributed by atoms with Crippen molar-refractivity contribution >= 4 is 0 Å². The van der Waals surface area contributed by atoms with E-state index in [2.05, 4.69) is 15.0 Å². The summed E-state index contributed by atoms with van der Waals surface area (Å²) < 4.78 is 33.1. The highest BCUT2D eigenvalue weighted by molar-refractivity contribution is 5.00. The Labute approximate surface area is 93.0 Å². The molecule has 0 atom stereocenters. The van der Waals surface area contributed by atoms with Crippen LogP contribution in [0.3, 0.4) is 0 Å². The van der Waals surface area contributed by atoms with E-state index in [9.17, 15) is 8.78 Å². The van der Waals surface area contributed by atoms with Crippen LogP contribution in [0.25, 0.3) is 0 Å². The van der Waals surface area contributed by atoms with Crippen LogP contribution in [0.15, 0.2) is 10.7 Å². The number of halogens is 2. The third-order valence-electron chi connectivity index (χ3n) is 1.66. The van der Waals surface area contributed by atoms with Gasteiger partial charge in [-0.25, -0.2) is 8.78 Å². The van der Waals surface area contributed by atoms with Crippen molar-refractivity contribution in [3.8, 4) is 6.08 Å². The second-order valence-corrected chi connectivity index (χ2v) is 4.41. The summed E-state index contributed by atoms with van der Waals surface area (Å²) in [4.78, 5) is 3.90. The lowest BCUT2D eigenvalue weighted by Gasteiger charge is -2.19. The Kier molecular flexibility index (Phi) is 4.23. The van der Waals surface area contributed by atoms with Crippen LogP contribution < -0.4 is 10.1 Å². The molecule has 0 spiro atoms. The first-order chi connectivity index (χ1) is 7.37. The second-order valence-electron chi connectivity index (χ2n) is 4.41. The van der Waals surface area contributed by atoms with Crippen LogP contribution in [0.1, 0.15) is 26.5 Å². The van der Waals surface area contributed by atoms with E-state index in [0.29, 0.717) is 12.2 Å². The van der Waals surface area contributed by atoms with Gasteiger partial charge in [0.25, 0.3) is 6.43 Å². The maximum Gasteiger partial charge on any atom is 0.393 e. The molecule has 16 heavy (non-hydrogen) atoms. The Morgan fingerprint density at radius 3 is 2.75 bits per heavy atom. The maximum absolute atomic E-state index is 11.8. The van der Waals surface area contributed by atoms with Crippen molar-refractivity contribution < 1.29 is 17.9 Å². The summed E-state index contributed by atoms with van der Waals surface area (Å²) in [5, 5.41) is 3.19. The fourth-order valence-electron chi connectivity index (χ4n) is 0.926. The van der Waals surface area contributed by atoms with Gasteiger partial charge in [0, 0.05) is 12.1 Å². The summed E-state index contributed by atoms with van der Waals surface area (Å²) >= 11 is 0. The number of rotatable bonds is 5. The van der Waals surface area contributed by atoms with Crippen LogP contribution in [-0.4, -0.2) is 23.6 Å². The lowest BCUT2D eigenvalue weighted by Crippen LogP contribution is -2.35. The molecule has 0 bridgehead atoms. The standard InChI is InChI=1S/C10H16F2N2O2/c1-10(2,3)13-4-7-5-15-9(14-7)16-6-8(11)12/h5,8,13H,4,6H2,1-3H3. The molecule has 0 radical (unpaired) electrons. The van der Waals surface area contributed by atoms with Crippen LogP contribution in [0.4, 0.5) is 8.78 Å². The molecule has 92 valence electrons. The van der Waals surface area contributed by atoms with E-state index in [1.54, 1.807) is 0 Å².